The lowest BCUT2D eigenvalue weighted by Crippen LogP contribution is -2.42. The quantitative estimate of drug-likeness (QED) is 0.897. The second kappa shape index (κ2) is 6.96. The molecule has 1 aliphatic heterocycles. The van der Waals surface area contributed by atoms with Gasteiger partial charge in [0.15, 0.2) is 0 Å². The van der Waals surface area contributed by atoms with E-state index in [1.165, 1.54) is 0 Å². The van der Waals surface area contributed by atoms with Crippen LogP contribution in [0.4, 0.5) is 10.6 Å². The first-order valence-corrected chi connectivity index (χ1v) is 8.43. The number of hydrogen-bond donors (Lipinski definition) is 2. The Morgan fingerprint density at radius 2 is 2.00 bits per heavy atom. The molecule has 3 amide bonds. The molecule has 2 heterocycles. The van der Waals surface area contributed by atoms with Crippen LogP contribution in [0.3, 0.4) is 0 Å². The molecule has 1 atom stereocenters. The number of likely N-dealkylation sites (N-methyl/N-ethyl adjacent to an activating group) is 1. The van der Waals surface area contributed by atoms with Crippen LogP contribution in [0.1, 0.15) is 26.3 Å². The number of likely N-dealkylation sites (tertiary alicyclic amines) is 1. The van der Waals surface area contributed by atoms with Gasteiger partial charge in [-0.2, -0.15) is 5.10 Å². The van der Waals surface area contributed by atoms with Gasteiger partial charge in [0.05, 0.1) is 5.69 Å². The molecule has 1 aliphatic rings. The van der Waals surface area contributed by atoms with Crippen LogP contribution in [0.2, 0.25) is 0 Å². The molecule has 1 aromatic heterocycles. The Labute approximate surface area is 147 Å². The van der Waals surface area contributed by atoms with Gasteiger partial charge in [0, 0.05) is 31.3 Å². The SMILES string of the molecule is CC(C)n1nc(-c2ccccc2)cc1NC(=O)N[C@H]1CCN(C)C1=O. The van der Waals surface area contributed by atoms with Crippen LogP contribution < -0.4 is 10.6 Å². The lowest BCUT2D eigenvalue weighted by molar-refractivity contribution is -0.128. The lowest BCUT2D eigenvalue weighted by atomic mass is 10.2. The largest absolute Gasteiger partial charge is 0.344 e. The van der Waals surface area contributed by atoms with E-state index in [0.717, 1.165) is 11.3 Å². The van der Waals surface area contributed by atoms with E-state index >= 15 is 0 Å². The predicted octanol–water partition coefficient (Wildman–Crippen LogP) is 2.48. The summed E-state index contributed by atoms with van der Waals surface area (Å²) in [6.07, 6.45) is 0.626. The molecule has 3 rings (SSSR count). The number of nitrogens with zero attached hydrogens (tertiary/aromatic N) is 3. The Hall–Kier alpha value is -2.83. The highest BCUT2D eigenvalue weighted by atomic mass is 16.2. The van der Waals surface area contributed by atoms with Crippen LogP contribution >= 0.6 is 0 Å². The number of carbonyl (C=O) groups is 2. The standard InChI is InChI=1S/C18H23N5O2/c1-12(2)23-16(11-15(21-23)13-7-5-4-6-8-13)20-18(25)19-14-9-10-22(3)17(14)24/h4-8,11-12,14H,9-10H2,1-3H3,(H2,19,20,25)/t14-/m0/s1. The average molecular weight is 341 g/mol. The zero-order valence-electron chi connectivity index (χ0n) is 14.7. The third-order valence-electron chi connectivity index (χ3n) is 4.27. The number of carbonyl (C=O) groups excluding carboxylic acids is 2. The number of amides is 3. The van der Waals surface area contributed by atoms with E-state index in [1.807, 2.05) is 50.2 Å². The van der Waals surface area contributed by atoms with Gasteiger partial charge >= 0.3 is 6.03 Å². The third kappa shape index (κ3) is 3.65. The van der Waals surface area contributed by atoms with Crippen molar-refractivity contribution in [2.75, 3.05) is 18.9 Å². The number of anilines is 1. The van der Waals surface area contributed by atoms with Crippen LogP contribution in [0, 0.1) is 0 Å². The second-order valence-electron chi connectivity index (χ2n) is 6.52. The van der Waals surface area contributed by atoms with Crippen molar-refractivity contribution in [3.8, 4) is 11.3 Å². The minimum atomic E-state index is -0.464. The normalized spacial score (nSPS) is 17.2. The summed E-state index contributed by atoms with van der Waals surface area (Å²) < 4.78 is 1.77. The summed E-state index contributed by atoms with van der Waals surface area (Å²) in [5.41, 5.74) is 1.78. The molecule has 2 N–H and O–H groups in total. The van der Waals surface area contributed by atoms with E-state index < -0.39 is 12.1 Å². The van der Waals surface area contributed by atoms with Crippen molar-refractivity contribution in [3.63, 3.8) is 0 Å². The molecule has 7 nitrogen and oxygen atoms in total. The topological polar surface area (TPSA) is 79.3 Å². The monoisotopic (exact) mass is 341 g/mol. The lowest BCUT2D eigenvalue weighted by Gasteiger charge is -2.15. The molecular weight excluding hydrogens is 318 g/mol. The second-order valence-corrected chi connectivity index (χ2v) is 6.52. The molecule has 0 aliphatic carbocycles. The molecule has 0 unspecified atom stereocenters. The first-order chi connectivity index (χ1) is 12.0. The summed E-state index contributed by atoms with van der Waals surface area (Å²) >= 11 is 0. The van der Waals surface area contributed by atoms with Crippen LogP contribution in [0.5, 0.6) is 0 Å². The maximum atomic E-state index is 12.3. The molecule has 7 heteroatoms. The number of aromatic nitrogens is 2. The Morgan fingerprint density at radius 1 is 1.28 bits per heavy atom. The first-order valence-electron chi connectivity index (χ1n) is 8.43. The molecule has 25 heavy (non-hydrogen) atoms. The summed E-state index contributed by atoms with van der Waals surface area (Å²) in [5.74, 6) is 0.544. The molecule has 1 fully saturated rings. The zero-order chi connectivity index (χ0) is 18.0. The van der Waals surface area contributed by atoms with Crippen molar-refractivity contribution in [2.24, 2.45) is 0 Å². The smallest absolute Gasteiger partial charge is 0.321 e. The highest BCUT2D eigenvalue weighted by Gasteiger charge is 2.30. The maximum Gasteiger partial charge on any atom is 0.321 e. The minimum Gasteiger partial charge on any atom is -0.344 e. The van der Waals surface area contributed by atoms with E-state index in [-0.39, 0.29) is 11.9 Å². The van der Waals surface area contributed by atoms with Crippen LogP contribution in [-0.2, 0) is 4.79 Å². The highest BCUT2D eigenvalue weighted by molar-refractivity contribution is 5.94. The fourth-order valence-electron chi connectivity index (χ4n) is 2.90. The van der Waals surface area contributed by atoms with E-state index in [0.29, 0.717) is 18.8 Å². The van der Waals surface area contributed by atoms with E-state index in [2.05, 4.69) is 15.7 Å². The molecule has 0 saturated carbocycles. The Balaban J connectivity index is 1.76. The minimum absolute atomic E-state index is 0.0579. The van der Waals surface area contributed by atoms with Gasteiger partial charge < -0.3 is 10.2 Å². The Bertz CT molecular complexity index is 769. The average Bonchev–Trinajstić information content (AvgIpc) is 3.14. The number of nitrogens with one attached hydrogen (secondary N) is 2. The number of urea groups is 1. The maximum absolute atomic E-state index is 12.3. The molecule has 1 saturated heterocycles. The van der Waals surface area contributed by atoms with Gasteiger partial charge in [-0.05, 0) is 20.3 Å². The first kappa shape index (κ1) is 17.0. The summed E-state index contributed by atoms with van der Waals surface area (Å²) in [4.78, 5) is 25.9. The molecule has 2 aromatic rings. The fraction of sp³-hybridized carbons (Fsp3) is 0.389. The molecule has 1 aromatic carbocycles. The van der Waals surface area contributed by atoms with E-state index in [4.69, 9.17) is 0 Å². The fourth-order valence-corrected chi connectivity index (χ4v) is 2.90. The van der Waals surface area contributed by atoms with Crippen molar-refractivity contribution >= 4 is 17.8 Å². The van der Waals surface area contributed by atoms with Crippen molar-refractivity contribution in [1.82, 2.24) is 20.0 Å². The van der Waals surface area contributed by atoms with Gasteiger partial charge in [-0.3, -0.25) is 10.1 Å². The summed E-state index contributed by atoms with van der Waals surface area (Å²) in [5, 5.41) is 10.2. The van der Waals surface area contributed by atoms with Crippen molar-refractivity contribution in [2.45, 2.75) is 32.4 Å². The highest BCUT2D eigenvalue weighted by Crippen LogP contribution is 2.24. The Kier molecular flexibility index (Phi) is 4.74. The van der Waals surface area contributed by atoms with Crippen molar-refractivity contribution in [3.05, 3.63) is 36.4 Å². The number of benzene rings is 1. The van der Waals surface area contributed by atoms with Crippen LogP contribution in [0.25, 0.3) is 11.3 Å². The van der Waals surface area contributed by atoms with Gasteiger partial charge in [-0.15, -0.1) is 0 Å². The predicted molar refractivity (Wildman–Crippen MR) is 96.2 cm³/mol. The summed E-state index contributed by atoms with van der Waals surface area (Å²) in [7, 11) is 1.74. The zero-order valence-corrected chi connectivity index (χ0v) is 14.7. The van der Waals surface area contributed by atoms with Gasteiger partial charge in [0.1, 0.15) is 11.9 Å². The van der Waals surface area contributed by atoms with Gasteiger partial charge in [-0.25, -0.2) is 9.48 Å². The molecule has 0 spiro atoms. The third-order valence-corrected chi connectivity index (χ3v) is 4.27. The van der Waals surface area contributed by atoms with Crippen molar-refractivity contribution in [1.29, 1.82) is 0 Å². The van der Waals surface area contributed by atoms with E-state index in [9.17, 15) is 9.59 Å². The van der Waals surface area contributed by atoms with Crippen LogP contribution in [0.15, 0.2) is 36.4 Å². The summed E-state index contributed by atoms with van der Waals surface area (Å²) in [6, 6.07) is 10.9. The number of rotatable bonds is 4. The van der Waals surface area contributed by atoms with E-state index in [1.54, 1.807) is 16.6 Å². The van der Waals surface area contributed by atoms with Gasteiger partial charge in [0.25, 0.3) is 0 Å². The Morgan fingerprint density at radius 3 is 2.60 bits per heavy atom. The van der Waals surface area contributed by atoms with Crippen LogP contribution in [-0.4, -0.2) is 46.3 Å². The molecule has 132 valence electrons. The molecule has 0 radical (unpaired) electrons. The van der Waals surface area contributed by atoms with Gasteiger partial charge in [0.2, 0.25) is 5.91 Å². The molecular formula is C18H23N5O2. The molecule has 0 bridgehead atoms. The van der Waals surface area contributed by atoms with Crippen molar-refractivity contribution < 1.29 is 9.59 Å². The summed E-state index contributed by atoms with van der Waals surface area (Å²) in [6.45, 7) is 4.66. The van der Waals surface area contributed by atoms with Gasteiger partial charge in [-0.1, -0.05) is 30.3 Å². The number of hydrogen-bond acceptors (Lipinski definition) is 3.